The molecule has 0 spiro atoms. The average molecular weight is 232 g/mol. The second-order valence-corrected chi connectivity index (χ2v) is 3.94. The Morgan fingerprint density at radius 1 is 1.35 bits per heavy atom. The van der Waals surface area contributed by atoms with E-state index in [1.54, 1.807) is 23.3 Å². The van der Waals surface area contributed by atoms with Gasteiger partial charge in [-0.25, -0.2) is 0 Å². The molecule has 5 nitrogen and oxygen atoms in total. The lowest BCUT2D eigenvalue weighted by Crippen LogP contribution is -2.02. The number of hydrogen-bond acceptors (Lipinski definition) is 4. The fraction of sp³-hybridized carbons (Fsp3) is 0.417. The van der Waals surface area contributed by atoms with Gasteiger partial charge < -0.3 is 5.11 Å². The number of aromatic nitrogens is 4. The molecule has 2 rings (SSSR count). The third-order valence-electron chi connectivity index (χ3n) is 2.66. The summed E-state index contributed by atoms with van der Waals surface area (Å²) in [5.41, 5.74) is 1.86. The van der Waals surface area contributed by atoms with Crippen molar-refractivity contribution >= 4 is 0 Å². The number of aliphatic hydroxyl groups excluding tert-OH is 1. The lowest BCUT2D eigenvalue weighted by atomic mass is 10.2. The second-order valence-electron chi connectivity index (χ2n) is 3.94. The molecular formula is C12H16N4O. The summed E-state index contributed by atoms with van der Waals surface area (Å²) in [6.07, 6.45) is 6.39. The smallest absolute Gasteiger partial charge is 0.111 e. The van der Waals surface area contributed by atoms with Crippen LogP contribution in [0.3, 0.4) is 0 Å². The number of aryl methyl sites for hydroxylation is 2. The highest BCUT2D eigenvalue weighted by Gasteiger charge is 2.09. The Morgan fingerprint density at radius 3 is 2.82 bits per heavy atom. The zero-order chi connectivity index (χ0) is 12.1. The summed E-state index contributed by atoms with van der Waals surface area (Å²) in [7, 11) is 0. The molecule has 0 aliphatic rings. The molecule has 0 amide bonds. The molecule has 0 aromatic carbocycles. The van der Waals surface area contributed by atoms with Crippen LogP contribution >= 0.6 is 0 Å². The second kappa shape index (κ2) is 5.54. The minimum atomic E-state index is -0.510. The van der Waals surface area contributed by atoms with Crippen LogP contribution in [0, 0.1) is 0 Å². The Hall–Kier alpha value is -1.75. The summed E-state index contributed by atoms with van der Waals surface area (Å²) in [6.45, 7) is 2.67. The quantitative estimate of drug-likeness (QED) is 0.845. The maximum Gasteiger partial charge on any atom is 0.111 e. The normalized spacial score (nSPS) is 12.6. The summed E-state index contributed by atoms with van der Waals surface area (Å²) >= 11 is 0. The molecule has 17 heavy (non-hydrogen) atoms. The summed E-state index contributed by atoms with van der Waals surface area (Å²) in [5, 5.41) is 17.5. The molecule has 1 unspecified atom stereocenters. The molecule has 0 aliphatic heterocycles. The number of nitrogens with zero attached hydrogens (tertiary/aromatic N) is 4. The average Bonchev–Trinajstić information content (AvgIpc) is 2.85. The standard InChI is InChI=1S/C12H16N4O/c1-2-12(17)11-9-16(15-14-11)8-5-10-3-6-13-7-4-10/h3-4,6-7,9,12,17H,2,5,8H2,1H3. The van der Waals surface area contributed by atoms with Crippen molar-refractivity contribution in [3.63, 3.8) is 0 Å². The van der Waals surface area contributed by atoms with Gasteiger partial charge in [0.25, 0.3) is 0 Å². The van der Waals surface area contributed by atoms with E-state index < -0.39 is 6.10 Å². The molecule has 2 heterocycles. The lowest BCUT2D eigenvalue weighted by molar-refractivity contribution is 0.168. The topological polar surface area (TPSA) is 63.8 Å². The summed E-state index contributed by atoms with van der Waals surface area (Å²) in [4.78, 5) is 3.97. The Bertz CT molecular complexity index is 455. The van der Waals surface area contributed by atoms with Gasteiger partial charge in [-0.2, -0.15) is 0 Å². The Balaban J connectivity index is 1.94. The highest BCUT2D eigenvalue weighted by atomic mass is 16.3. The van der Waals surface area contributed by atoms with Gasteiger partial charge in [0, 0.05) is 18.9 Å². The highest BCUT2D eigenvalue weighted by Crippen LogP contribution is 2.12. The largest absolute Gasteiger partial charge is 0.387 e. The van der Waals surface area contributed by atoms with Crippen LogP contribution < -0.4 is 0 Å². The van der Waals surface area contributed by atoms with Crippen LogP contribution in [0.4, 0.5) is 0 Å². The van der Waals surface area contributed by atoms with Gasteiger partial charge in [-0.05, 0) is 30.5 Å². The van der Waals surface area contributed by atoms with Gasteiger partial charge in [0.1, 0.15) is 5.69 Å². The van der Waals surface area contributed by atoms with Crippen molar-refractivity contribution in [2.45, 2.75) is 32.4 Å². The third kappa shape index (κ3) is 3.10. The van der Waals surface area contributed by atoms with E-state index in [9.17, 15) is 5.11 Å². The lowest BCUT2D eigenvalue weighted by Gasteiger charge is -2.01. The fourth-order valence-electron chi connectivity index (χ4n) is 1.58. The predicted molar refractivity (Wildman–Crippen MR) is 63.2 cm³/mol. The Morgan fingerprint density at radius 2 is 2.12 bits per heavy atom. The van der Waals surface area contributed by atoms with Crippen LogP contribution in [0.1, 0.15) is 30.7 Å². The van der Waals surface area contributed by atoms with Gasteiger partial charge in [-0.3, -0.25) is 9.67 Å². The minimum Gasteiger partial charge on any atom is -0.387 e. The van der Waals surface area contributed by atoms with Crippen molar-refractivity contribution in [1.82, 2.24) is 20.0 Å². The van der Waals surface area contributed by atoms with Crippen LogP contribution in [0.25, 0.3) is 0 Å². The van der Waals surface area contributed by atoms with E-state index in [-0.39, 0.29) is 0 Å². The molecule has 1 N–H and O–H groups in total. The molecule has 0 radical (unpaired) electrons. The zero-order valence-corrected chi connectivity index (χ0v) is 9.82. The fourth-order valence-corrected chi connectivity index (χ4v) is 1.58. The Labute approximate surface area is 100 Å². The van der Waals surface area contributed by atoms with E-state index >= 15 is 0 Å². The first kappa shape index (κ1) is 11.7. The maximum atomic E-state index is 9.60. The van der Waals surface area contributed by atoms with Gasteiger partial charge in [-0.1, -0.05) is 12.1 Å². The minimum absolute atomic E-state index is 0.510. The number of rotatable bonds is 5. The molecule has 0 aliphatic carbocycles. The van der Waals surface area contributed by atoms with Crippen molar-refractivity contribution in [1.29, 1.82) is 0 Å². The number of pyridine rings is 1. The van der Waals surface area contributed by atoms with Gasteiger partial charge in [-0.15, -0.1) is 5.10 Å². The number of aliphatic hydroxyl groups is 1. The SMILES string of the molecule is CCC(O)c1cn(CCc2ccncc2)nn1. The van der Waals surface area contributed by atoms with E-state index in [1.165, 1.54) is 5.56 Å². The molecule has 0 fully saturated rings. The van der Waals surface area contributed by atoms with Gasteiger partial charge >= 0.3 is 0 Å². The molecule has 0 saturated heterocycles. The Kier molecular flexibility index (Phi) is 3.82. The highest BCUT2D eigenvalue weighted by molar-refractivity contribution is 5.09. The third-order valence-corrected chi connectivity index (χ3v) is 2.66. The van der Waals surface area contributed by atoms with Gasteiger partial charge in [0.05, 0.1) is 12.3 Å². The van der Waals surface area contributed by atoms with E-state index in [0.717, 1.165) is 13.0 Å². The van der Waals surface area contributed by atoms with Crippen molar-refractivity contribution in [3.8, 4) is 0 Å². The van der Waals surface area contributed by atoms with E-state index in [4.69, 9.17) is 0 Å². The predicted octanol–water partition coefficient (Wildman–Crippen LogP) is 1.36. The molecule has 2 aromatic heterocycles. The van der Waals surface area contributed by atoms with Crippen LogP contribution in [-0.2, 0) is 13.0 Å². The monoisotopic (exact) mass is 232 g/mol. The number of hydrogen-bond donors (Lipinski definition) is 1. The van der Waals surface area contributed by atoms with Gasteiger partial charge in [0.15, 0.2) is 0 Å². The molecule has 90 valence electrons. The molecule has 1 atom stereocenters. The van der Waals surface area contributed by atoms with Crippen molar-refractivity contribution < 1.29 is 5.11 Å². The zero-order valence-electron chi connectivity index (χ0n) is 9.82. The van der Waals surface area contributed by atoms with Gasteiger partial charge in [0.2, 0.25) is 0 Å². The molecule has 0 saturated carbocycles. The van der Waals surface area contributed by atoms with Crippen LogP contribution in [0.2, 0.25) is 0 Å². The van der Waals surface area contributed by atoms with Crippen molar-refractivity contribution in [3.05, 3.63) is 42.0 Å². The van der Waals surface area contributed by atoms with Crippen LogP contribution in [0.15, 0.2) is 30.7 Å². The van der Waals surface area contributed by atoms with Crippen molar-refractivity contribution in [2.75, 3.05) is 0 Å². The first-order valence-corrected chi connectivity index (χ1v) is 5.76. The summed E-state index contributed by atoms with van der Waals surface area (Å²) in [6, 6.07) is 3.97. The van der Waals surface area contributed by atoms with E-state index in [0.29, 0.717) is 12.1 Å². The first-order chi connectivity index (χ1) is 8.29. The molecule has 2 aromatic rings. The van der Waals surface area contributed by atoms with E-state index in [2.05, 4.69) is 15.3 Å². The summed E-state index contributed by atoms with van der Waals surface area (Å²) in [5.74, 6) is 0. The van der Waals surface area contributed by atoms with E-state index in [1.807, 2.05) is 19.1 Å². The molecule has 0 bridgehead atoms. The first-order valence-electron chi connectivity index (χ1n) is 5.76. The van der Waals surface area contributed by atoms with Crippen LogP contribution in [-0.4, -0.2) is 25.1 Å². The van der Waals surface area contributed by atoms with Crippen LogP contribution in [0.5, 0.6) is 0 Å². The summed E-state index contributed by atoms with van der Waals surface area (Å²) < 4.78 is 1.76. The molecular weight excluding hydrogens is 216 g/mol. The maximum absolute atomic E-state index is 9.60. The van der Waals surface area contributed by atoms with Crippen molar-refractivity contribution in [2.24, 2.45) is 0 Å². The molecule has 5 heteroatoms.